The number of nitrogens with zero attached hydrogens (tertiary/aromatic N) is 4. The van der Waals surface area contributed by atoms with E-state index in [1.165, 1.54) is 13.2 Å². The van der Waals surface area contributed by atoms with Crippen molar-refractivity contribution < 1.29 is 27.6 Å². The number of hydrogen-bond acceptors (Lipinski definition) is 6. The van der Waals surface area contributed by atoms with E-state index in [0.29, 0.717) is 10.1 Å². The first-order valence-corrected chi connectivity index (χ1v) is 10.7. The molecule has 0 saturated carbocycles. The largest absolute Gasteiger partial charge is 0.496 e. The number of nitrogens with one attached hydrogen (secondary N) is 1. The highest BCUT2D eigenvalue weighted by molar-refractivity contribution is 9.10. The molecule has 0 unspecified atom stereocenters. The second-order valence-corrected chi connectivity index (χ2v) is 8.35. The molecule has 0 spiro atoms. The molecule has 2 aromatic heterocycles. The van der Waals surface area contributed by atoms with Gasteiger partial charge in [0, 0.05) is 22.2 Å². The summed E-state index contributed by atoms with van der Waals surface area (Å²) in [7, 11) is 1.27. The highest BCUT2D eigenvalue weighted by atomic mass is 79.9. The molecule has 0 radical (unpaired) electrons. The van der Waals surface area contributed by atoms with E-state index in [0.717, 1.165) is 22.7 Å². The first-order chi connectivity index (χ1) is 16.5. The number of non-ortho nitro benzene ring substituents is 1. The third-order valence-electron chi connectivity index (χ3n) is 4.77. The van der Waals surface area contributed by atoms with Crippen molar-refractivity contribution in [3.8, 4) is 17.0 Å². The standard InChI is InChI=1S/C21H12BrClF3N5O4/c1-35-14-7-12(6-13(8-14)31(33)34)27-20(32)18-17(23)19-28-15(10-2-4-11(22)5-3-10)9-16(21(24,25)26)30(19)29-18/h2-9H,1H3,(H,27,32). The number of nitro benzene ring substituents is 1. The maximum absolute atomic E-state index is 13.9. The molecule has 0 fully saturated rings. The van der Waals surface area contributed by atoms with Gasteiger partial charge < -0.3 is 10.1 Å². The first-order valence-electron chi connectivity index (χ1n) is 9.55. The number of anilines is 1. The number of hydrogen-bond donors (Lipinski definition) is 1. The van der Waals surface area contributed by atoms with E-state index in [9.17, 15) is 28.1 Å². The number of nitro groups is 1. The number of benzene rings is 2. The monoisotopic (exact) mass is 569 g/mol. The average Bonchev–Trinajstić information content (AvgIpc) is 3.14. The van der Waals surface area contributed by atoms with Gasteiger partial charge in [-0.15, -0.1) is 0 Å². The van der Waals surface area contributed by atoms with Crippen molar-refractivity contribution in [2.24, 2.45) is 0 Å². The molecule has 0 saturated heterocycles. The fourth-order valence-electron chi connectivity index (χ4n) is 3.18. The van der Waals surface area contributed by atoms with Crippen LogP contribution in [0.5, 0.6) is 5.75 Å². The van der Waals surface area contributed by atoms with Crippen LogP contribution in [-0.4, -0.2) is 32.5 Å². The van der Waals surface area contributed by atoms with Crippen LogP contribution in [0, 0.1) is 10.1 Å². The van der Waals surface area contributed by atoms with Crippen molar-refractivity contribution >= 4 is 50.5 Å². The first kappa shape index (κ1) is 24.4. The molecule has 4 aromatic rings. The van der Waals surface area contributed by atoms with Crippen LogP contribution in [0.1, 0.15) is 16.2 Å². The summed E-state index contributed by atoms with van der Waals surface area (Å²) in [6.07, 6.45) is -4.85. The van der Waals surface area contributed by atoms with Crippen LogP contribution in [0.4, 0.5) is 24.5 Å². The molecular formula is C21H12BrClF3N5O4. The van der Waals surface area contributed by atoms with E-state index < -0.39 is 33.4 Å². The smallest absolute Gasteiger partial charge is 0.433 e. The van der Waals surface area contributed by atoms with Gasteiger partial charge in [-0.05, 0) is 18.2 Å². The molecule has 180 valence electrons. The van der Waals surface area contributed by atoms with E-state index >= 15 is 0 Å². The Hall–Kier alpha value is -3.71. The van der Waals surface area contributed by atoms with E-state index in [4.69, 9.17) is 16.3 Å². The molecule has 0 aliphatic heterocycles. The fourth-order valence-corrected chi connectivity index (χ4v) is 3.69. The summed E-state index contributed by atoms with van der Waals surface area (Å²) in [6, 6.07) is 10.7. The van der Waals surface area contributed by atoms with Gasteiger partial charge in [0.1, 0.15) is 10.8 Å². The highest BCUT2D eigenvalue weighted by Gasteiger charge is 2.36. The number of aromatic nitrogens is 3. The summed E-state index contributed by atoms with van der Waals surface area (Å²) in [5.74, 6) is -0.919. The second-order valence-electron chi connectivity index (χ2n) is 7.06. The molecule has 4 rings (SSSR count). The Morgan fingerprint density at radius 1 is 1.20 bits per heavy atom. The summed E-state index contributed by atoms with van der Waals surface area (Å²) in [4.78, 5) is 27.5. The summed E-state index contributed by atoms with van der Waals surface area (Å²) < 4.78 is 47.7. The van der Waals surface area contributed by atoms with Crippen LogP contribution in [0.25, 0.3) is 16.9 Å². The molecule has 35 heavy (non-hydrogen) atoms. The number of amides is 1. The Labute approximate surface area is 207 Å². The van der Waals surface area contributed by atoms with Gasteiger partial charge in [0.15, 0.2) is 17.0 Å². The van der Waals surface area contributed by atoms with Gasteiger partial charge in [0.05, 0.1) is 29.5 Å². The normalized spacial score (nSPS) is 11.5. The van der Waals surface area contributed by atoms with Crippen LogP contribution in [-0.2, 0) is 6.18 Å². The van der Waals surface area contributed by atoms with Crippen molar-refractivity contribution in [1.29, 1.82) is 0 Å². The maximum Gasteiger partial charge on any atom is 0.433 e. The van der Waals surface area contributed by atoms with Gasteiger partial charge in [0.25, 0.3) is 11.6 Å². The lowest BCUT2D eigenvalue weighted by atomic mass is 10.1. The Kier molecular flexibility index (Phi) is 6.38. The lowest BCUT2D eigenvalue weighted by molar-refractivity contribution is -0.384. The van der Waals surface area contributed by atoms with E-state index in [1.54, 1.807) is 24.3 Å². The zero-order valence-electron chi connectivity index (χ0n) is 17.4. The molecule has 1 N–H and O–H groups in total. The summed E-state index contributed by atoms with van der Waals surface area (Å²) in [6.45, 7) is 0. The molecule has 0 bridgehead atoms. The number of rotatable bonds is 5. The Bertz CT molecular complexity index is 1470. The number of fused-ring (bicyclic) bond motifs is 1. The van der Waals surface area contributed by atoms with Gasteiger partial charge >= 0.3 is 6.18 Å². The lowest BCUT2D eigenvalue weighted by Gasteiger charge is -2.11. The van der Waals surface area contributed by atoms with Crippen LogP contribution >= 0.6 is 27.5 Å². The van der Waals surface area contributed by atoms with Crippen LogP contribution < -0.4 is 10.1 Å². The minimum Gasteiger partial charge on any atom is -0.496 e. The van der Waals surface area contributed by atoms with Gasteiger partial charge in [-0.1, -0.05) is 39.7 Å². The van der Waals surface area contributed by atoms with Gasteiger partial charge in [-0.25, -0.2) is 9.50 Å². The van der Waals surface area contributed by atoms with Gasteiger partial charge in [-0.3, -0.25) is 14.9 Å². The number of carbonyl (C=O) groups excluding carboxylic acids is 1. The van der Waals surface area contributed by atoms with Crippen LogP contribution in [0.15, 0.2) is 53.0 Å². The zero-order chi connectivity index (χ0) is 25.5. The minimum absolute atomic E-state index is 0.0329. The number of methoxy groups -OCH3 is 1. The van der Waals surface area contributed by atoms with E-state index in [2.05, 4.69) is 31.3 Å². The second kappa shape index (κ2) is 9.15. The van der Waals surface area contributed by atoms with Crippen molar-refractivity contribution in [2.75, 3.05) is 12.4 Å². The molecule has 0 atom stereocenters. The molecule has 0 aliphatic carbocycles. The number of carbonyl (C=O) groups is 1. The minimum atomic E-state index is -4.85. The molecule has 0 aliphatic rings. The van der Waals surface area contributed by atoms with Gasteiger partial charge in [0.2, 0.25) is 0 Å². The predicted octanol–water partition coefficient (Wildman–Crippen LogP) is 6.00. The Morgan fingerprint density at radius 2 is 1.89 bits per heavy atom. The summed E-state index contributed by atoms with van der Waals surface area (Å²) in [5, 5.41) is 16.8. The lowest BCUT2D eigenvalue weighted by Crippen LogP contribution is -2.16. The van der Waals surface area contributed by atoms with Crippen LogP contribution in [0.2, 0.25) is 5.02 Å². The molecule has 2 heterocycles. The zero-order valence-corrected chi connectivity index (χ0v) is 19.8. The van der Waals surface area contributed by atoms with Gasteiger partial charge in [-0.2, -0.15) is 18.3 Å². The van der Waals surface area contributed by atoms with E-state index in [1.807, 2.05) is 0 Å². The maximum atomic E-state index is 13.9. The highest BCUT2D eigenvalue weighted by Crippen LogP contribution is 2.35. The number of ether oxygens (including phenoxy) is 1. The third-order valence-corrected chi connectivity index (χ3v) is 5.65. The number of halogens is 5. The number of alkyl halides is 3. The quantitative estimate of drug-likeness (QED) is 0.233. The fraction of sp³-hybridized carbons (Fsp3) is 0.0952. The molecule has 2 aromatic carbocycles. The molecule has 14 heteroatoms. The predicted molar refractivity (Wildman–Crippen MR) is 124 cm³/mol. The third kappa shape index (κ3) is 4.91. The molecule has 1 amide bonds. The van der Waals surface area contributed by atoms with E-state index in [-0.39, 0.29) is 28.5 Å². The van der Waals surface area contributed by atoms with Crippen molar-refractivity contribution in [3.05, 3.63) is 79.5 Å². The van der Waals surface area contributed by atoms with Crippen molar-refractivity contribution in [1.82, 2.24) is 14.6 Å². The summed E-state index contributed by atoms with van der Waals surface area (Å²) >= 11 is 9.51. The average molecular weight is 571 g/mol. The Balaban J connectivity index is 1.81. The SMILES string of the molecule is COc1cc(NC(=O)c2nn3c(C(F)(F)F)cc(-c4ccc(Br)cc4)nc3c2Cl)cc([N+](=O)[O-])c1. The molecule has 9 nitrogen and oxygen atoms in total. The topological polar surface area (TPSA) is 112 Å². The van der Waals surface area contributed by atoms with Crippen LogP contribution in [0.3, 0.4) is 0 Å². The molecular weight excluding hydrogens is 559 g/mol. The van der Waals surface area contributed by atoms with Crippen molar-refractivity contribution in [3.63, 3.8) is 0 Å². The van der Waals surface area contributed by atoms with Crippen molar-refractivity contribution in [2.45, 2.75) is 6.18 Å². The summed E-state index contributed by atoms with van der Waals surface area (Å²) in [5.41, 5.74) is -2.21. The Morgan fingerprint density at radius 3 is 2.49 bits per heavy atom.